The molecule has 0 aliphatic carbocycles. The Kier molecular flexibility index (Phi) is 9.90. The number of carbonyl (C=O) groups is 2. The molecule has 0 fully saturated rings. The first-order valence-electron chi connectivity index (χ1n) is 11.9. The van der Waals surface area contributed by atoms with Gasteiger partial charge in [0.05, 0.1) is 25.0 Å². The fourth-order valence-electron chi connectivity index (χ4n) is 3.79. The summed E-state index contributed by atoms with van der Waals surface area (Å²) in [6.07, 6.45) is -0.897. The lowest BCUT2D eigenvalue weighted by Crippen LogP contribution is -2.44. The van der Waals surface area contributed by atoms with E-state index in [2.05, 4.69) is 31.8 Å². The standard InChI is InChI=1S/C24H29N5O3.C2HF3O2/c1-29(2)9-10-32-23-12-16(18-13-26-27-14-18)7-8-20(23)28-24(30)21-11-17-5-4-6-22(31-3)19(17)15-25-21;3-2(4,5)1(6)7/h4-8,12-14,21,25H,9-11,15H2,1-3H3,(H,26,27)(H,28,30);(H,6,7). The van der Waals surface area contributed by atoms with Crippen molar-refractivity contribution in [3.63, 3.8) is 0 Å². The van der Waals surface area contributed by atoms with E-state index in [1.807, 2.05) is 50.6 Å². The Balaban J connectivity index is 0.000000532. The zero-order valence-corrected chi connectivity index (χ0v) is 21.6. The Morgan fingerprint density at radius 1 is 1.18 bits per heavy atom. The maximum absolute atomic E-state index is 13.1. The molecular weight excluding hydrogens is 519 g/mol. The predicted molar refractivity (Wildman–Crippen MR) is 138 cm³/mol. The first-order valence-corrected chi connectivity index (χ1v) is 11.9. The van der Waals surface area contributed by atoms with Crippen molar-refractivity contribution in [2.24, 2.45) is 0 Å². The van der Waals surface area contributed by atoms with Gasteiger partial charge in [0, 0.05) is 30.4 Å². The molecule has 3 aromatic rings. The quantitative estimate of drug-likeness (QED) is 0.337. The number of carboxylic acid groups (broad SMARTS) is 1. The van der Waals surface area contributed by atoms with Crippen LogP contribution in [0.2, 0.25) is 0 Å². The lowest BCUT2D eigenvalue weighted by Gasteiger charge is -2.27. The van der Waals surface area contributed by atoms with Crippen LogP contribution in [0.4, 0.5) is 18.9 Å². The van der Waals surface area contributed by atoms with E-state index in [9.17, 15) is 18.0 Å². The highest BCUT2D eigenvalue weighted by molar-refractivity contribution is 5.97. The van der Waals surface area contributed by atoms with Gasteiger partial charge in [0.1, 0.15) is 18.1 Å². The summed E-state index contributed by atoms with van der Waals surface area (Å²) >= 11 is 0. The number of nitrogens with one attached hydrogen (secondary N) is 3. The van der Waals surface area contributed by atoms with Crippen LogP contribution in [0.15, 0.2) is 48.8 Å². The first-order chi connectivity index (χ1) is 18.5. The lowest BCUT2D eigenvalue weighted by atomic mass is 9.94. The number of carboxylic acids is 1. The van der Waals surface area contributed by atoms with Crippen LogP contribution in [0.1, 0.15) is 11.1 Å². The van der Waals surface area contributed by atoms with Crippen LogP contribution in [0.5, 0.6) is 11.5 Å². The number of likely N-dealkylation sites (N-methyl/N-ethyl adjacent to an activating group) is 1. The fraction of sp³-hybridized carbons (Fsp3) is 0.346. The number of nitrogens with zero attached hydrogens (tertiary/aromatic N) is 2. The van der Waals surface area contributed by atoms with Crippen LogP contribution in [0.3, 0.4) is 0 Å². The van der Waals surface area contributed by atoms with Gasteiger partial charge in [0.25, 0.3) is 0 Å². The summed E-state index contributed by atoms with van der Waals surface area (Å²) < 4.78 is 43.2. The molecule has 1 amide bonds. The molecular formula is C26H30F3N5O5. The minimum atomic E-state index is -5.08. The SMILES string of the molecule is COc1cccc2c1CNC(C(=O)Nc1ccc(-c3cn[nH]c3)cc1OCCN(C)C)C2.O=C(O)C(F)(F)F. The second kappa shape index (κ2) is 13.1. The molecule has 1 aromatic heterocycles. The van der Waals surface area contributed by atoms with Crippen LogP contribution in [-0.2, 0) is 22.6 Å². The normalized spacial score (nSPS) is 14.6. The molecule has 1 aliphatic heterocycles. The monoisotopic (exact) mass is 549 g/mol. The Labute approximate surface area is 223 Å². The highest BCUT2D eigenvalue weighted by Gasteiger charge is 2.38. The molecule has 10 nitrogen and oxygen atoms in total. The number of carbonyl (C=O) groups excluding carboxylic acids is 1. The van der Waals surface area contributed by atoms with E-state index < -0.39 is 12.1 Å². The third-order valence-electron chi connectivity index (χ3n) is 5.83. The summed E-state index contributed by atoms with van der Waals surface area (Å²) in [6, 6.07) is 11.4. The minimum absolute atomic E-state index is 0.0907. The molecule has 1 unspecified atom stereocenters. The van der Waals surface area contributed by atoms with Gasteiger partial charge in [-0.05, 0) is 49.8 Å². The van der Waals surface area contributed by atoms with E-state index in [0.29, 0.717) is 31.0 Å². The van der Waals surface area contributed by atoms with Crippen molar-refractivity contribution in [1.82, 2.24) is 20.4 Å². The molecule has 39 heavy (non-hydrogen) atoms. The molecule has 4 rings (SSSR count). The number of aromatic nitrogens is 2. The Morgan fingerprint density at radius 3 is 2.54 bits per heavy atom. The third-order valence-corrected chi connectivity index (χ3v) is 5.83. The van der Waals surface area contributed by atoms with Crippen molar-refractivity contribution >= 4 is 17.6 Å². The maximum Gasteiger partial charge on any atom is 0.490 e. The number of fused-ring (bicyclic) bond motifs is 1. The summed E-state index contributed by atoms with van der Waals surface area (Å²) in [5.74, 6) is -1.36. The fourth-order valence-corrected chi connectivity index (χ4v) is 3.79. The molecule has 1 atom stereocenters. The molecule has 0 saturated heterocycles. The number of amides is 1. The summed E-state index contributed by atoms with van der Waals surface area (Å²) in [7, 11) is 5.66. The highest BCUT2D eigenvalue weighted by atomic mass is 19.4. The predicted octanol–water partition coefficient (Wildman–Crippen LogP) is 3.31. The number of benzene rings is 2. The van der Waals surface area contributed by atoms with Gasteiger partial charge >= 0.3 is 12.1 Å². The third kappa shape index (κ3) is 8.19. The van der Waals surface area contributed by atoms with Crippen LogP contribution in [0.25, 0.3) is 11.1 Å². The van der Waals surface area contributed by atoms with Gasteiger partial charge in [-0.25, -0.2) is 4.79 Å². The van der Waals surface area contributed by atoms with E-state index in [1.54, 1.807) is 13.3 Å². The number of hydrogen-bond donors (Lipinski definition) is 4. The van der Waals surface area contributed by atoms with E-state index >= 15 is 0 Å². The number of halogens is 3. The van der Waals surface area contributed by atoms with Crippen molar-refractivity contribution in [2.45, 2.75) is 25.2 Å². The number of H-pyrrole nitrogens is 1. The van der Waals surface area contributed by atoms with E-state index in [4.69, 9.17) is 19.4 Å². The molecule has 2 aromatic carbocycles. The number of ether oxygens (including phenoxy) is 2. The molecule has 0 spiro atoms. The number of hydrogen-bond acceptors (Lipinski definition) is 7. The Bertz CT molecular complexity index is 1270. The average Bonchev–Trinajstić information content (AvgIpc) is 3.43. The summed E-state index contributed by atoms with van der Waals surface area (Å²) in [6.45, 7) is 1.87. The van der Waals surface area contributed by atoms with Crippen molar-refractivity contribution < 1.29 is 37.3 Å². The van der Waals surface area contributed by atoms with Crippen molar-refractivity contribution in [3.05, 3.63) is 59.9 Å². The number of anilines is 1. The minimum Gasteiger partial charge on any atom is -0.496 e. The lowest BCUT2D eigenvalue weighted by molar-refractivity contribution is -0.192. The molecule has 2 heterocycles. The van der Waals surface area contributed by atoms with Gasteiger partial charge < -0.3 is 30.1 Å². The Morgan fingerprint density at radius 2 is 1.92 bits per heavy atom. The van der Waals surface area contributed by atoms with Gasteiger partial charge in [-0.3, -0.25) is 9.89 Å². The molecule has 0 saturated carbocycles. The smallest absolute Gasteiger partial charge is 0.490 e. The second-order valence-corrected chi connectivity index (χ2v) is 8.88. The second-order valence-electron chi connectivity index (χ2n) is 8.88. The van der Waals surface area contributed by atoms with Gasteiger partial charge in [-0.2, -0.15) is 18.3 Å². The Hall–Kier alpha value is -4.10. The number of aromatic amines is 1. The number of methoxy groups -OCH3 is 1. The van der Waals surface area contributed by atoms with Crippen molar-refractivity contribution in [1.29, 1.82) is 0 Å². The summed E-state index contributed by atoms with van der Waals surface area (Å²) in [5.41, 5.74) is 4.81. The van der Waals surface area contributed by atoms with Crippen molar-refractivity contribution in [3.8, 4) is 22.6 Å². The molecule has 4 N–H and O–H groups in total. The molecule has 0 radical (unpaired) electrons. The van der Waals surface area contributed by atoms with Crippen molar-refractivity contribution in [2.75, 3.05) is 39.7 Å². The average molecular weight is 550 g/mol. The van der Waals surface area contributed by atoms with Crippen LogP contribution >= 0.6 is 0 Å². The zero-order chi connectivity index (χ0) is 28.6. The maximum atomic E-state index is 13.1. The van der Waals surface area contributed by atoms with Gasteiger partial charge in [-0.1, -0.05) is 18.2 Å². The highest BCUT2D eigenvalue weighted by Crippen LogP contribution is 2.32. The number of aliphatic carboxylic acids is 1. The van der Waals surface area contributed by atoms with E-state index in [-0.39, 0.29) is 11.9 Å². The van der Waals surface area contributed by atoms with E-state index in [1.165, 1.54) is 0 Å². The van der Waals surface area contributed by atoms with Gasteiger partial charge in [-0.15, -0.1) is 0 Å². The number of alkyl halides is 3. The molecule has 0 bridgehead atoms. The van der Waals surface area contributed by atoms with Crippen LogP contribution in [0, 0.1) is 0 Å². The van der Waals surface area contributed by atoms with E-state index in [0.717, 1.165) is 34.5 Å². The summed E-state index contributed by atoms with van der Waals surface area (Å²) in [4.78, 5) is 24.0. The number of rotatable bonds is 8. The van der Waals surface area contributed by atoms with Crippen LogP contribution in [-0.4, -0.2) is 78.7 Å². The largest absolute Gasteiger partial charge is 0.496 e. The topological polar surface area (TPSA) is 129 Å². The van der Waals surface area contributed by atoms with Gasteiger partial charge in [0.15, 0.2) is 0 Å². The molecule has 210 valence electrons. The zero-order valence-electron chi connectivity index (χ0n) is 21.6. The molecule has 1 aliphatic rings. The molecule has 13 heteroatoms. The first kappa shape index (κ1) is 29.5. The van der Waals surface area contributed by atoms with Crippen LogP contribution < -0.4 is 20.1 Å². The summed E-state index contributed by atoms with van der Waals surface area (Å²) in [5, 5.41) is 20.4. The van der Waals surface area contributed by atoms with Gasteiger partial charge in [0.2, 0.25) is 5.91 Å².